The minimum Gasteiger partial charge on any atom is -0.341 e. The van der Waals surface area contributed by atoms with Crippen LogP contribution in [0.5, 0.6) is 0 Å². The first-order valence-electron chi connectivity index (χ1n) is 6.19. The minimum absolute atomic E-state index is 0.00935. The fourth-order valence-electron chi connectivity index (χ4n) is 2.04. The topological polar surface area (TPSA) is 46.3 Å². The number of benzene rings is 1. The average molecular weight is 234 g/mol. The second-order valence-corrected chi connectivity index (χ2v) is 4.31. The maximum absolute atomic E-state index is 12.2. The molecule has 17 heavy (non-hydrogen) atoms. The fraction of sp³-hybridized carbons (Fsp3) is 0.500. The highest BCUT2D eigenvalue weighted by atomic mass is 16.2. The molecule has 3 heteroatoms. The van der Waals surface area contributed by atoms with Gasteiger partial charge in [-0.2, -0.15) is 0 Å². The SMILES string of the molecule is CCC(CC)N(C)C(=O)[C@H](N)c1ccccc1. The molecule has 0 aromatic heterocycles. The van der Waals surface area contributed by atoms with Gasteiger partial charge in [-0.05, 0) is 18.4 Å². The molecule has 0 bridgehead atoms. The summed E-state index contributed by atoms with van der Waals surface area (Å²) in [5.41, 5.74) is 6.87. The predicted molar refractivity (Wildman–Crippen MR) is 70.5 cm³/mol. The standard InChI is InChI=1S/C14H22N2O/c1-4-12(5-2)16(3)14(17)13(15)11-9-7-6-8-10-11/h6-10,12-13H,4-5,15H2,1-3H3/t13-/m1/s1. The van der Waals surface area contributed by atoms with Crippen LogP contribution in [0.15, 0.2) is 30.3 Å². The Morgan fingerprint density at radius 2 is 1.76 bits per heavy atom. The Hall–Kier alpha value is -1.35. The van der Waals surface area contributed by atoms with Gasteiger partial charge in [-0.3, -0.25) is 4.79 Å². The van der Waals surface area contributed by atoms with Gasteiger partial charge in [0.25, 0.3) is 0 Å². The van der Waals surface area contributed by atoms with Crippen molar-refractivity contribution in [3.63, 3.8) is 0 Å². The number of likely N-dealkylation sites (N-methyl/N-ethyl adjacent to an activating group) is 1. The van der Waals surface area contributed by atoms with Crippen LogP contribution in [0.2, 0.25) is 0 Å². The van der Waals surface area contributed by atoms with E-state index in [1.807, 2.05) is 37.4 Å². The number of amides is 1. The Morgan fingerprint density at radius 3 is 2.24 bits per heavy atom. The molecule has 0 aliphatic rings. The molecule has 0 unspecified atom stereocenters. The molecule has 0 fully saturated rings. The number of rotatable bonds is 5. The van der Waals surface area contributed by atoms with Crippen molar-refractivity contribution in [2.75, 3.05) is 7.05 Å². The van der Waals surface area contributed by atoms with Gasteiger partial charge in [0.15, 0.2) is 0 Å². The van der Waals surface area contributed by atoms with Gasteiger partial charge in [-0.25, -0.2) is 0 Å². The van der Waals surface area contributed by atoms with E-state index in [-0.39, 0.29) is 11.9 Å². The van der Waals surface area contributed by atoms with Crippen LogP contribution in [-0.4, -0.2) is 23.9 Å². The van der Waals surface area contributed by atoms with Crippen LogP contribution in [0.25, 0.3) is 0 Å². The van der Waals surface area contributed by atoms with E-state index < -0.39 is 6.04 Å². The average Bonchev–Trinajstić information content (AvgIpc) is 2.39. The van der Waals surface area contributed by atoms with Crippen LogP contribution in [0.4, 0.5) is 0 Å². The van der Waals surface area contributed by atoms with Crippen LogP contribution in [0, 0.1) is 0 Å². The molecule has 0 saturated heterocycles. The summed E-state index contributed by atoms with van der Waals surface area (Å²) in [6, 6.07) is 9.23. The van der Waals surface area contributed by atoms with Crippen molar-refractivity contribution in [2.24, 2.45) is 5.73 Å². The van der Waals surface area contributed by atoms with Gasteiger partial charge in [0, 0.05) is 13.1 Å². The fourth-order valence-corrected chi connectivity index (χ4v) is 2.04. The summed E-state index contributed by atoms with van der Waals surface area (Å²) in [5, 5.41) is 0. The lowest BCUT2D eigenvalue weighted by atomic mass is 10.0. The van der Waals surface area contributed by atoms with E-state index in [9.17, 15) is 4.79 Å². The molecule has 94 valence electrons. The van der Waals surface area contributed by atoms with Crippen molar-refractivity contribution in [1.82, 2.24) is 4.90 Å². The number of hydrogen-bond acceptors (Lipinski definition) is 2. The number of carbonyl (C=O) groups is 1. The van der Waals surface area contributed by atoms with Crippen LogP contribution >= 0.6 is 0 Å². The summed E-state index contributed by atoms with van der Waals surface area (Å²) in [7, 11) is 1.84. The summed E-state index contributed by atoms with van der Waals surface area (Å²) < 4.78 is 0. The second-order valence-electron chi connectivity index (χ2n) is 4.31. The second kappa shape index (κ2) is 6.40. The van der Waals surface area contributed by atoms with E-state index in [4.69, 9.17) is 5.73 Å². The zero-order chi connectivity index (χ0) is 12.8. The minimum atomic E-state index is -0.554. The number of nitrogens with two attached hydrogens (primary N) is 1. The van der Waals surface area contributed by atoms with Gasteiger partial charge in [0.05, 0.1) is 0 Å². The summed E-state index contributed by atoms with van der Waals surface area (Å²) in [5.74, 6) is -0.00935. The quantitative estimate of drug-likeness (QED) is 0.850. The molecule has 1 aromatic carbocycles. The van der Waals surface area contributed by atoms with Crippen LogP contribution in [-0.2, 0) is 4.79 Å². The highest BCUT2D eigenvalue weighted by molar-refractivity contribution is 5.83. The van der Waals surface area contributed by atoms with Crippen molar-refractivity contribution >= 4 is 5.91 Å². The van der Waals surface area contributed by atoms with E-state index in [1.54, 1.807) is 4.90 Å². The Morgan fingerprint density at radius 1 is 1.24 bits per heavy atom. The lowest BCUT2D eigenvalue weighted by Gasteiger charge is -2.28. The van der Waals surface area contributed by atoms with E-state index in [1.165, 1.54) is 0 Å². The van der Waals surface area contributed by atoms with E-state index in [2.05, 4.69) is 13.8 Å². The van der Waals surface area contributed by atoms with Crippen LogP contribution in [0.1, 0.15) is 38.3 Å². The third-order valence-corrected chi connectivity index (χ3v) is 3.26. The Balaban J connectivity index is 2.76. The summed E-state index contributed by atoms with van der Waals surface area (Å²) in [6.45, 7) is 4.18. The van der Waals surface area contributed by atoms with Crippen molar-refractivity contribution in [2.45, 2.75) is 38.8 Å². The number of carbonyl (C=O) groups excluding carboxylic acids is 1. The normalized spacial score (nSPS) is 12.5. The van der Waals surface area contributed by atoms with Crippen molar-refractivity contribution in [3.05, 3.63) is 35.9 Å². The first kappa shape index (κ1) is 13.7. The first-order chi connectivity index (χ1) is 8.11. The van der Waals surface area contributed by atoms with Crippen LogP contribution < -0.4 is 5.73 Å². The maximum atomic E-state index is 12.2. The summed E-state index contributed by atoms with van der Waals surface area (Å²) >= 11 is 0. The molecule has 1 aromatic rings. The lowest BCUT2D eigenvalue weighted by molar-refractivity contribution is -0.133. The van der Waals surface area contributed by atoms with E-state index >= 15 is 0 Å². The molecule has 0 saturated carbocycles. The lowest BCUT2D eigenvalue weighted by Crippen LogP contribution is -2.41. The molecular formula is C14H22N2O. The molecular weight excluding hydrogens is 212 g/mol. The molecule has 0 aliphatic carbocycles. The molecule has 1 rings (SSSR count). The molecule has 0 spiro atoms. The van der Waals surface area contributed by atoms with Gasteiger partial charge in [0.2, 0.25) is 5.91 Å². The molecule has 0 aliphatic heterocycles. The first-order valence-corrected chi connectivity index (χ1v) is 6.19. The third-order valence-electron chi connectivity index (χ3n) is 3.26. The molecule has 1 amide bonds. The van der Waals surface area contributed by atoms with Crippen LogP contribution in [0.3, 0.4) is 0 Å². The highest BCUT2D eigenvalue weighted by Gasteiger charge is 2.23. The van der Waals surface area contributed by atoms with Gasteiger partial charge in [-0.1, -0.05) is 44.2 Å². The summed E-state index contributed by atoms with van der Waals surface area (Å²) in [4.78, 5) is 14.0. The van der Waals surface area contributed by atoms with Gasteiger partial charge < -0.3 is 10.6 Å². The highest BCUT2D eigenvalue weighted by Crippen LogP contribution is 2.15. The van der Waals surface area contributed by atoms with Crippen molar-refractivity contribution < 1.29 is 4.79 Å². The van der Waals surface area contributed by atoms with E-state index in [0.717, 1.165) is 18.4 Å². The molecule has 2 N–H and O–H groups in total. The molecule has 3 nitrogen and oxygen atoms in total. The van der Waals surface area contributed by atoms with Gasteiger partial charge >= 0.3 is 0 Å². The smallest absolute Gasteiger partial charge is 0.244 e. The summed E-state index contributed by atoms with van der Waals surface area (Å²) in [6.07, 6.45) is 1.92. The number of nitrogens with zero attached hydrogens (tertiary/aromatic N) is 1. The monoisotopic (exact) mass is 234 g/mol. The van der Waals surface area contributed by atoms with Gasteiger partial charge in [0.1, 0.15) is 6.04 Å². The zero-order valence-corrected chi connectivity index (χ0v) is 10.9. The maximum Gasteiger partial charge on any atom is 0.244 e. The number of hydrogen-bond donors (Lipinski definition) is 1. The van der Waals surface area contributed by atoms with E-state index in [0.29, 0.717) is 0 Å². The Kier molecular flexibility index (Phi) is 5.16. The van der Waals surface area contributed by atoms with Crippen molar-refractivity contribution in [3.8, 4) is 0 Å². The third kappa shape index (κ3) is 3.30. The Labute approximate surface area is 104 Å². The van der Waals surface area contributed by atoms with Crippen molar-refractivity contribution in [1.29, 1.82) is 0 Å². The Bertz CT molecular complexity index is 346. The largest absolute Gasteiger partial charge is 0.341 e. The van der Waals surface area contributed by atoms with Gasteiger partial charge in [-0.15, -0.1) is 0 Å². The molecule has 0 radical (unpaired) electrons. The molecule has 1 atom stereocenters. The predicted octanol–water partition coefficient (Wildman–Crippen LogP) is 2.33. The zero-order valence-electron chi connectivity index (χ0n) is 10.9. The molecule has 0 heterocycles.